The van der Waals surface area contributed by atoms with Crippen LogP contribution in [0.1, 0.15) is 59.2 Å². The number of piperidine rings is 1. The molecule has 1 aliphatic heterocycles. The number of hydrogen-bond donors (Lipinski definition) is 1. The molecule has 0 radical (unpaired) electrons. The molecule has 2 N–H and O–H groups in total. The number of thiophene rings is 1. The molecule has 1 amide bonds. The fraction of sp³-hybridized carbons (Fsp3) is 0.600. The van der Waals surface area contributed by atoms with Crippen LogP contribution in [0.4, 0.5) is 5.00 Å². The van der Waals surface area contributed by atoms with E-state index in [4.69, 9.17) is 19.9 Å². The first kappa shape index (κ1) is 23.7. The number of hydrogen-bond acceptors (Lipinski definition) is 9. The highest BCUT2D eigenvalue weighted by molar-refractivity contribution is 7.18. The fourth-order valence-electron chi connectivity index (χ4n) is 3.26. The van der Waals surface area contributed by atoms with Crippen molar-refractivity contribution in [1.82, 2.24) is 4.90 Å². The molecule has 30 heavy (non-hydrogen) atoms. The Labute approximate surface area is 179 Å². The van der Waals surface area contributed by atoms with Gasteiger partial charge in [-0.05, 0) is 12.8 Å². The summed E-state index contributed by atoms with van der Waals surface area (Å²) >= 11 is 0.877. The third-order valence-electron chi connectivity index (χ3n) is 4.91. The number of nitrogens with two attached hydrogens (primary N) is 1. The number of nitrogen functional groups attached to an aromatic ring is 1. The van der Waals surface area contributed by atoms with E-state index in [-0.39, 0.29) is 39.4 Å². The number of nitrogens with zero attached hydrogens (tertiary/aromatic N) is 1. The van der Waals surface area contributed by atoms with E-state index in [0.717, 1.165) is 11.3 Å². The van der Waals surface area contributed by atoms with Crippen molar-refractivity contribution in [3.05, 3.63) is 16.0 Å². The van der Waals surface area contributed by atoms with Crippen LogP contribution in [-0.4, -0.2) is 56.0 Å². The summed E-state index contributed by atoms with van der Waals surface area (Å²) in [4.78, 5) is 50.9. The zero-order chi connectivity index (χ0) is 22.6. The number of anilines is 1. The Morgan fingerprint density at radius 1 is 1.07 bits per heavy atom. The van der Waals surface area contributed by atoms with Gasteiger partial charge in [0.2, 0.25) is 5.91 Å². The molecular weight excluding hydrogens is 412 g/mol. The Kier molecular flexibility index (Phi) is 7.46. The van der Waals surface area contributed by atoms with Gasteiger partial charge in [-0.25, -0.2) is 9.59 Å². The standard InChI is InChI=1S/C20H28N2O7S/c1-20(2,3)19(26)22-8-6-11(7-9-22)16(23)29-10-12-13(17(24)27-4)15(21)30-14(12)18(25)28-5/h11H,6-10,21H2,1-5H3. The van der Waals surface area contributed by atoms with Gasteiger partial charge in [0.25, 0.3) is 0 Å². The van der Waals surface area contributed by atoms with Gasteiger partial charge in [0.05, 0.1) is 20.1 Å². The number of carbonyl (C=O) groups is 4. The van der Waals surface area contributed by atoms with Crippen molar-refractivity contribution in [2.45, 2.75) is 40.2 Å². The summed E-state index contributed by atoms with van der Waals surface area (Å²) in [5.74, 6) is -2.17. The van der Waals surface area contributed by atoms with E-state index in [0.29, 0.717) is 25.9 Å². The molecule has 1 saturated heterocycles. The number of ether oxygens (including phenoxy) is 3. The van der Waals surface area contributed by atoms with Gasteiger partial charge in [-0.1, -0.05) is 20.8 Å². The van der Waals surface area contributed by atoms with Gasteiger partial charge in [-0.15, -0.1) is 11.3 Å². The van der Waals surface area contributed by atoms with Gasteiger partial charge in [0.1, 0.15) is 22.0 Å². The van der Waals surface area contributed by atoms with E-state index >= 15 is 0 Å². The quantitative estimate of drug-likeness (QED) is 0.546. The van der Waals surface area contributed by atoms with Gasteiger partial charge in [-0.3, -0.25) is 9.59 Å². The molecule has 0 bridgehead atoms. The van der Waals surface area contributed by atoms with Crippen LogP contribution < -0.4 is 5.73 Å². The largest absolute Gasteiger partial charge is 0.465 e. The summed E-state index contributed by atoms with van der Waals surface area (Å²) in [5.41, 5.74) is 5.57. The first-order valence-corrected chi connectivity index (χ1v) is 10.4. The van der Waals surface area contributed by atoms with Gasteiger partial charge in [0, 0.05) is 24.1 Å². The molecule has 0 saturated carbocycles. The second kappa shape index (κ2) is 9.46. The van der Waals surface area contributed by atoms with Crippen LogP contribution in [0.15, 0.2) is 0 Å². The summed E-state index contributed by atoms with van der Waals surface area (Å²) in [5, 5.41) is 0.0855. The van der Waals surface area contributed by atoms with E-state index in [2.05, 4.69) is 0 Å². The molecule has 0 spiro atoms. The molecule has 0 unspecified atom stereocenters. The summed E-state index contributed by atoms with van der Waals surface area (Å²) in [7, 11) is 2.40. The van der Waals surface area contributed by atoms with Crippen molar-refractivity contribution < 1.29 is 33.4 Å². The van der Waals surface area contributed by atoms with Crippen molar-refractivity contribution in [2.75, 3.05) is 33.0 Å². The molecule has 2 rings (SSSR count). The van der Waals surface area contributed by atoms with E-state index in [1.807, 2.05) is 20.8 Å². The number of amides is 1. The predicted molar refractivity (Wildman–Crippen MR) is 110 cm³/mol. The molecule has 10 heteroatoms. The molecule has 9 nitrogen and oxygen atoms in total. The van der Waals surface area contributed by atoms with Gasteiger partial charge in [0.15, 0.2) is 0 Å². The Hall–Kier alpha value is -2.62. The average Bonchev–Trinajstić information content (AvgIpc) is 3.05. The lowest BCUT2D eigenvalue weighted by atomic mass is 9.91. The summed E-state index contributed by atoms with van der Waals surface area (Å²) in [6, 6.07) is 0. The number of rotatable bonds is 5. The van der Waals surface area contributed by atoms with Crippen molar-refractivity contribution in [3.8, 4) is 0 Å². The average molecular weight is 441 g/mol. The van der Waals surface area contributed by atoms with Crippen LogP contribution in [0.3, 0.4) is 0 Å². The minimum atomic E-state index is -0.723. The SMILES string of the molecule is COC(=O)c1sc(N)c(C(=O)OC)c1COC(=O)C1CCN(C(=O)C(C)(C)C)CC1. The number of methoxy groups -OCH3 is 2. The van der Waals surface area contributed by atoms with Crippen molar-refractivity contribution in [1.29, 1.82) is 0 Å². The smallest absolute Gasteiger partial charge is 0.348 e. The molecule has 166 valence electrons. The van der Waals surface area contributed by atoms with Crippen molar-refractivity contribution in [2.24, 2.45) is 11.3 Å². The number of likely N-dealkylation sites (tertiary alicyclic amines) is 1. The van der Waals surface area contributed by atoms with Crippen LogP contribution in [0.25, 0.3) is 0 Å². The minimum absolute atomic E-state index is 0.00120. The predicted octanol–water partition coefficient (Wildman–Crippen LogP) is 2.23. The second-order valence-corrected chi connectivity index (χ2v) is 9.11. The number of esters is 3. The first-order chi connectivity index (χ1) is 14.0. The molecule has 1 aliphatic rings. The maximum Gasteiger partial charge on any atom is 0.348 e. The van der Waals surface area contributed by atoms with E-state index < -0.39 is 23.3 Å². The zero-order valence-electron chi connectivity index (χ0n) is 17.9. The maximum atomic E-state index is 12.6. The Balaban J connectivity index is 2.07. The second-order valence-electron chi connectivity index (χ2n) is 8.06. The van der Waals surface area contributed by atoms with E-state index in [1.54, 1.807) is 4.90 Å². The third kappa shape index (κ3) is 5.10. The Morgan fingerprint density at radius 3 is 2.13 bits per heavy atom. The summed E-state index contributed by atoms with van der Waals surface area (Å²) in [6.45, 7) is 6.23. The zero-order valence-corrected chi connectivity index (χ0v) is 18.7. The van der Waals surface area contributed by atoms with Crippen molar-refractivity contribution in [3.63, 3.8) is 0 Å². The van der Waals surface area contributed by atoms with E-state index in [1.165, 1.54) is 14.2 Å². The third-order valence-corrected chi connectivity index (χ3v) is 5.95. The van der Waals surface area contributed by atoms with Crippen LogP contribution in [0.2, 0.25) is 0 Å². The minimum Gasteiger partial charge on any atom is -0.465 e. The highest BCUT2D eigenvalue weighted by Crippen LogP contribution is 2.33. The van der Waals surface area contributed by atoms with Crippen molar-refractivity contribution >= 4 is 40.2 Å². The first-order valence-electron chi connectivity index (χ1n) is 9.55. The Bertz CT molecular complexity index is 833. The normalized spacial score (nSPS) is 14.9. The lowest BCUT2D eigenvalue weighted by Gasteiger charge is -2.34. The highest BCUT2D eigenvalue weighted by atomic mass is 32.1. The Morgan fingerprint density at radius 2 is 1.63 bits per heavy atom. The lowest BCUT2D eigenvalue weighted by molar-refractivity contribution is -0.154. The molecule has 1 aromatic rings. The topological polar surface area (TPSA) is 125 Å². The van der Waals surface area contributed by atoms with E-state index in [9.17, 15) is 19.2 Å². The molecule has 0 aliphatic carbocycles. The lowest BCUT2D eigenvalue weighted by Crippen LogP contribution is -2.45. The summed E-state index contributed by atoms with van der Waals surface area (Å²) < 4.78 is 14.9. The molecule has 1 aromatic heterocycles. The van der Waals surface area contributed by atoms with Crippen LogP contribution in [0, 0.1) is 11.3 Å². The molecular formula is C20H28N2O7S. The van der Waals surface area contributed by atoms with Gasteiger partial charge < -0.3 is 24.8 Å². The van der Waals surface area contributed by atoms with Crippen LogP contribution >= 0.6 is 11.3 Å². The maximum absolute atomic E-state index is 12.6. The molecule has 2 heterocycles. The molecule has 1 fully saturated rings. The molecule has 0 aromatic carbocycles. The summed E-state index contributed by atoms with van der Waals surface area (Å²) in [6.07, 6.45) is 0.973. The molecule has 0 atom stereocenters. The van der Waals surface area contributed by atoms with Gasteiger partial charge in [-0.2, -0.15) is 0 Å². The van der Waals surface area contributed by atoms with Crippen LogP contribution in [-0.2, 0) is 30.4 Å². The fourth-order valence-corrected chi connectivity index (χ4v) is 4.24. The number of carbonyl (C=O) groups excluding carboxylic acids is 4. The monoisotopic (exact) mass is 440 g/mol. The highest BCUT2D eigenvalue weighted by Gasteiger charge is 2.34. The van der Waals surface area contributed by atoms with Crippen LogP contribution in [0.5, 0.6) is 0 Å². The van der Waals surface area contributed by atoms with Gasteiger partial charge >= 0.3 is 17.9 Å².